The maximum atomic E-state index is 8.36. The fraction of sp³-hybridized carbons (Fsp3) is 1.00. The van der Waals surface area contributed by atoms with Crippen LogP contribution in [0.5, 0.6) is 0 Å². The summed E-state index contributed by atoms with van der Waals surface area (Å²) >= 11 is 3.52. The van der Waals surface area contributed by atoms with Crippen molar-refractivity contribution >= 4 is 42.2 Å². The van der Waals surface area contributed by atoms with Crippen LogP contribution >= 0.6 is 12.9 Å². The monoisotopic (exact) mass is 202 g/mol. The summed E-state index contributed by atoms with van der Waals surface area (Å²) in [5.41, 5.74) is 0. The van der Waals surface area contributed by atoms with Gasteiger partial charge in [0.1, 0.15) is 0 Å². The van der Waals surface area contributed by atoms with E-state index in [0.29, 0.717) is 0 Å². The third kappa shape index (κ3) is 6.73. The van der Waals surface area contributed by atoms with Crippen molar-refractivity contribution in [3.8, 4) is 0 Å². The van der Waals surface area contributed by atoms with Gasteiger partial charge in [0.05, 0.1) is 0 Å². The molecule has 0 radical (unpaired) electrons. The molecular formula is CH10O4SSi3. The van der Waals surface area contributed by atoms with Crippen LogP contribution in [0.1, 0.15) is 0 Å². The highest BCUT2D eigenvalue weighted by Gasteiger charge is 2.02. The third-order valence-corrected chi connectivity index (χ3v) is 5.98. The Hall–Kier alpha value is 0.841. The average molecular weight is 202 g/mol. The molecule has 0 saturated heterocycles. The van der Waals surface area contributed by atoms with E-state index in [1.165, 1.54) is 0 Å². The highest BCUT2D eigenvalue weighted by atomic mass is 32.1. The van der Waals surface area contributed by atoms with Gasteiger partial charge >= 0.3 is 10.0 Å². The molecule has 1 unspecified atom stereocenters. The highest BCUT2D eigenvalue weighted by molar-refractivity contribution is 7.75. The van der Waals surface area contributed by atoms with Crippen LogP contribution in [0.2, 0.25) is 6.55 Å². The van der Waals surface area contributed by atoms with Gasteiger partial charge in [-0.15, -0.1) is 0 Å². The van der Waals surface area contributed by atoms with E-state index in [9.17, 15) is 0 Å². The molecule has 0 spiro atoms. The summed E-state index contributed by atoms with van der Waals surface area (Å²) in [5, 5.41) is 0. The molecule has 0 amide bonds. The standard InChI is InChI=1S/CH10O4SSi3/c1-9(4-7-2)5-8-3-6/h2,6,9H,7-8H2,1H3. The normalized spacial score (nSPS) is 16.3. The van der Waals surface area contributed by atoms with Crippen molar-refractivity contribution in [2.75, 3.05) is 0 Å². The molecule has 0 aliphatic rings. The first kappa shape index (κ1) is 9.84. The molecule has 0 aliphatic carbocycles. The molecular weight excluding hydrogens is 192 g/mol. The largest absolute Gasteiger partial charge is 0.422 e. The highest BCUT2D eigenvalue weighted by Crippen LogP contribution is 1.85. The minimum Gasteiger partial charge on any atom is -0.422 e. The Labute approximate surface area is 66.1 Å². The summed E-state index contributed by atoms with van der Waals surface area (Å²) in [7, 11) is -3.74. The number of hydrogen-bond acceptors (Lipinski definition) is 5. The fourth-order valence-electron chi connectivity index (χ4n) is 0.279. The second kappa shape index (κ2) is 6.95. The van der Waals surface area contributed by atoms with Crippen LogP contribution in [-0.2, 0) is 12.1 Å². The van der Waals surface area contributed by atoms with Gasteiger partial charge in [0.2, 0.25) is 0 Å². The second-order valence-corrected chi connectivity index (χ2v) is 6.61. The zero-order valence-corrected chi connectivity index (χ0v) is 9.99. The van der Waals surface area contributed by atoms with Gasteiger partial charge in [-0.1, -0.05) is 0 Å². The van der Waals surface area contributed by atoms with Crippen LogP contribution in [0.3, 0.4) is 0 Å². The average Bonchev–Trinajstić information content (AvgIpc) is 1.85. The van der Waals surface area contributed by atoms with Gasteiger partial charge in [-0.2, -0.15) is 0 Å². The molecule has 0 aromatic carbocycles. The lowest BCUT2D eigenvalue weighted by Crippen LogP contribution is -2.22. The van der Waals surface area contributed by atoms with E-state index in [4.69, 9.17) is 13.0 Å². The Balaban J connectivity index is 2.95. The maximum Gasteiger partial charge on any atom is 0.309 e. The summed E-state index contributed by atoms with van der Waals surface area (Å²) < 4.78 is 14.4. The molecule has 0 aromatic rings. The molecule has 4 nitrogen and oxygen atoms in total. The quantitative estimate of drug-likeness (QED) is 0.300. The second-order valence-electron chi connectivity index (χ2n) is 1.28. The van der Waals surface area contributed by atoms with Crippen LogP contribution in [-0.4, -0.2) is 34.1 Å². The number of thiol groups is 1. The lowest BCUT2D eigenvalue weighted by atomic mass is 11.9. The maximum absolute atomic E-state index is 8.36. The summed E-state index contributed by atoms with van der Waals surface area (Å²) in [5.74, 6) is 0. The zero-order chi connectivity index (χ0) is 7.11. The van der Waals surface area contributed by atoms with Gasteiger partial charge in [-0.3, -0.25) is 0 Å². The first-order chi connectivity index (χ1) is 4.31. The smallest absolute Gasteiger partial charge is 0.309 e. The van der Waals surface area contributed by atoms with Gasteiger partial charge in [0, 0.05) is 0 Å². The zero-order valence-electron chi connectivity index (χ0n) is 5.11. The molecule has 0 rings (SSSR count). The lowest BCUT2D eigenvalue weighted by Gasteiger charge is -2.08. The van der Waals surface area contributed by atoms with E-state index >= 15 is 0 Å². The molecule has 56 valence electrons. The Morgan fingerprint density at radius 1 is 1.56 bits per heavy atom. The predicted molar refractivity (Wildman–Crippen MR) is 44.6 cm³/mol. The van der Waals surface area contributed by atoms with E-state index in [1.54, 1.807) is 0 Å². The molecule has 9 heavy (non-hydrogen) atoms. The van der Waals surface area contributed by atoms with Crippen LogP contribution in [0, 0.1) is 0 Å². The molecule has 1 N–H and O–H groups in total. The van der Waals surface area contributed by atoms with Crippen molar-refractivity contribution in [2.24, 2.45) is 0 Å². The molecule has 1 atom stereocenters. The SMILES string of the molecule is C[SiH](O[SiH2]O)O[SiH2]OS. The van der Waals surface area contributed by atoms with E-state index in [2.05, 4.69) is 16.8 Å². The van der Waals surface area contributed by atoms with E-state index in [1.807, 2.05) is 6.55 Å². The van der Waals surface area contributed by atoms with E-state index in [0.717, 1.165) is 0 Å². The number of rotatable bonds is 5. The first-order valence-electron chi connectivity index (χ1n) is 2.41. The summed E-state index contributed by atoms with van der Waals surface area (Å²) in [6.07, 6.45) is 0. The topological polar surface area (TPSA) is 47.9 Å². The predicted octanol–water partition coefficient (Wildman–Crippen LogP) is -2.28. The van der Waals surface area contributed by atoms with Crippen LogP contribution in [0.25, 0.3) is 0 Å². The summed E-state index contributed by atoms with van der Waals surface area (Å²) in [6, 6.07) is 0. The van der Waals surface area contributed by atoms with Crippen molar-refractivity contribution in [1.29, 1.82) is 0 Å². The summed E-state index contributed by atoms with van der Waals surface area (Å²) in [4.78, 5) is 8.36. The lowest BCUT2D eigenvalue weighted by molar-refractivity contribution is 0.382. The molecule has 0 bridgehead atoms. The minimum absolute atomic E-state index is 0.934. The molecule has 8 heteroatoms. The van der Waals surface area contributed by atoms with Crippen LogP contribution in [0.4, 0.5) is 0 Å². The molecule has 0 aromatic heterocycles. The van der Waals surface area contributed by atoms with Crippen molar-refractivity contribution < 1.29 is 16.9 Å². The van der Waals surface area contributed by atoms with Gasteiger partial charge in [0.25, 0.3) is 19.3 Å². The Morgan fingerprint density at radius 2 is 2.22 bits per heavy atom. The summed E-state index contributed by atoms with van der Waals surface area (Å²) in [6.45, 7) is 1.85. The van der Waals surface area contributed by atoms with Crippen molar-refractivity contribution in [1.82, 2.24) is 0 Å². The van der Waals surface area contributed by atoms with Gasteiger partial charge in [-0.05, 0) is 19.5 Å². The van der Waals surface area contributed by atoms with Crippen LogP contribution < -0.4 is 0 Å². The van der Waals surface area contributed by atoms with E-state index < -0.39 is 29.3 Å². The fourth-order valence-corrected chi connectivity index (χ4v) is 3.93. The Morgan fingerprint density at radius 3 is 2.67 bits per heavy atom. The minimum atomic E-state index is -1.52. The van der Waals surface area contributed by atoms with Crippen molar-refractivity contribution in [3.63, 3.8) is 0 Å². The first-order valence-corrected chi connectivity index (χ1v) is 7.24. The Bertz CT molecular complexity index is 63.8. The molecule has 0 fully saturated rings. The third-order valence-electron chi connectivity index (χ3n) is 0.665. The molecule has 0 aliphatic heterocycles. The Kier molecular flexibility index (Phi) is 7.60. The van der Waals surface area contributed by atoms with Gasteiger partial charge in [-0.25, -0.2) is 0 Å². The van der Waals surface area contributed by atoms with E-state index in [-0.39, 0.29) is 0 Å². The molecule has 0 heterocycles. The van der Waals surface area contributed by atoms with Gasteiger partial charge in [0.15, 0.2) is 0 Å². The van der Waals surface area contributed by atoms with Crippen LogP contribution in [0.15, 0.2) is 0 Å². The molecule has 0 saturated carbocycles. The van der Waals surface area contributed by atoms with Crippen molar-refractivity contribution in [3.05, 3.63) is 0 Å². The number of hydrogen-bond donors (Lipinski definition) is 2. The van der Waals surface area contributed by atoms with Crippen molar-refractivity contribution in [2.45, 2.75) is 6.55 Å². The van der Waals surface area contributed by atoms with Gasteiger partial charge < -0.3 is 16.9 Å².